The maximum absolute atomic E-state index is 12.4. The number of benzene rings is 1. The summed E-state index contributed by atoms with van der Waals surface area (Å²) in [7, 11) is 3.30. The van der Waals surface area contributed by atoms with E-state index < -0.39 is 0 Å². The molecule has 0 saturated carbocycles. The van der Waals surface area contributed by atoms with Crippen LogP contribution in [0.25, 0.3) is 6.08 Å². The lowest BCUT2D eigenvalue weighted by atomic mass is 10.1. The number of hydrogen-bond acceptors (Lipinski definition) is 4. The quantitative estimate of drug-likeness (QED) is 0.439. The summed E-state index contributed by atoms with van der Waals surface area (Å²) >= 11 is 11.6. The lowest BCUT2D eigenvalue weighted by Crippen LogP contribution is -2.30. The van der Waals surface area contributed by atoms with Gasteiger partial charge in [0, 0.05) is 13.6 Å². The third-order valence-corrected chi connectivity index (χ3v) is 4.34. The molecule has 0 unspecified atom stereocenters. The number of thiocarbonyl (C=S) groups is 1. The molecule has 0 N–H and O–H groups in total. The number of methoxy groups -OCH3 is 1. The highest BCUT2D eigenvalue weighted by atomic mass is 35.5. The monoisotopic (exact) mass is 366 g/mol. The summed E-state index contributed by atoms with van der Waals surface area (Å²) < 4.78 is 10.9. The number of rotatable bonds is 6. The van der Waals surface area contributed by atoms with Crippen LogP contribution in [0.15, 0.2) is 30.5 Å². The summed E-state index contributed by atoms with van der Waals surface area (Å²) in [6.45, 7) is 6.33. The van der Waals surface area contributed by atoms with E-state index >= 15 is 0 Å². The minimum Gasteiger partial charge on any atom is -0.493 e. The van der Waals surface area contributed by atoms with Crippen molar-refractivity contribution in [2.45, 2.75) is 6.92 Å². The number of nitrogens with zero attached hydrogens (tertiary/aromatic N) is 2. The molecule has 7 heteroatoms. The van der Waals surface area contributed by atoms with Crippen LogP contribution in [0.3, 0.4) is 0 Å². The molecule has 1 aromatic carbocycles. The van der Waals surface area contributed by atoms with Gasteiger partial charge in [0.25, 0.3) is 5.91 Å². The molecule has 1 amide bonds. The van der Waals surface area contributed by atoms with Gasteiger partial charge in [-0.2, -0.15) is 0 Å². The van der Waals surface area contributed by atoms with Gasteiger partial charge in [-0.25, -0.2) is 0 Å². The summed E-state index contributed by atoms with van der Waals surface area (Å²) in [4.78, 5) is 15.7. The molecule has 1 aromatic rings. The molecule has 1 aliphatic rings. The van der Waals surface area contributed by atoms with Crippen molar-refractivity contribution in [2.24, 2.45) is 0 Å². The van der Waals surface area contributed by atoms with Crippen LogP contribution in [-0.2, 0) is 4.79 Å². The maximum Gasteiger partial charge on any atom is 0.276 e. The molecule has 1 aliphatic heterocycles. The average molecular weight is 367 g/mol. The molecule has 0 aliphatic carbocycles. The molecule has 5 nitrogen and oxygen atoms in total. The van der Waals surface area contributed by atoms with Gasteiger partial charge in [-0.15, -0.1) is 0 Å². The highest BCUT2D eigenvalue weighted by Gasteiger charge is 2.34. The third kappa shape index (κ3) is 3.39. The van der Waals surface area contributed by atoms with Crippen LogP contribution >= 0.6 is 23.8 Å². The Balaban J connectivity index is 2.43. The molecule has 0 radical (unpaired) electrons. The van der Waals surface area contributed by atoms with E-state index in [4.69, 9.17) is 33.3 Å². The molecule has 0 bridgehead atoms. The zero-order valence-electron chi connectivity index (χ0n) is 13.8. The second-order valence-corrected chi connectivity index (χ2v) is 5.83. The first kappa shape index (κ1) is 18.3. The molecule has 1 fully saturated rings. The van der Waals surface area contributed by atoms with Crippen molar-refractivity contribution < 1.29 is 14.3 Å². The molecule has 1 saturated heterocycles. The standard InChI is InChI=1S/C17H19ClN2O3S/c1-5-7-23-15-12(18)8-11(10-14(15)22-4)9-13-16(21)20(6-2)17(24)19(13)3/h5,8-10H,1,6-7H2,2-4H3/b13-9+. The summed E-state index contributed by atoms with van der Waals surface area (Å²) in [6.07, 6.45) is 3.36. The van der Waals surface area contributed by atoms with Crippen LogP contribution in [0.1, 0.15) is 12.5 Å². The molecule has 0 atom stereocenters. The Bertz CT molecular complexity index is 718. The zero-order valence-corrected chi connectivity index (χ0v) is 15.4. The Labute approximate surface area is 152 Å². The summed E-state index contributed by atoms with van der Waals surface area (Å²) in [5.74, 6) is 0.796. The van der Waals surface area contributed by atoms with E-state index in [-0.39, 0.29) is 5.91 Å². The number of halogens is 1. The van der Waals surface area contributed by atoms with Gasteiger partial charge in [0.05, 0.1) is 12.1 Å². The molecule has 128 valence electrons. The number of likely N-dealkylation sites (N-methyl/N-ethyl adjacent to an activating group) is 2. The minimum atomic E-state index is -0.132. The Kier molecular flexibility index (Phi) is 5.85. The fourth-order valence-corrected chi connectivity index (χ4v) is 2.94. The van der Waals surface area contributed by atoms with E-state index in [1.165, 1.54) is 7.11 Å². The first-order valence-corrected chi connectivity index (χ1v) is 8.15. The minimum absolute atomic E-state index is 0.132. The fraction of sp³-hybridized carbons (Fsp3) is 0.294. The largest absolute Gasteiger partial charge is 0.493 e. The zero-order chi connectivity index (χ0) is 17.9. The SMILES string of the molecule is C=CCOc1c(Cl)cc(/C=C2\C(=O)N(CC)C(=S)N2C)cc1OC. The second kappa shape index (κ2) is 7.68. The topological polar surface area (TPSA) is 42.0 Å². The van der Waals surface area contributed by atoms with Crippen molar-refractivity contribution in [3.05, 3.63) is 41.1 Å². The Morgan fingerprint density at radius 3 is 2.67 bits per heavy atom. The van der Waals surface area contributed by atoms with Gasteiger partial charge in [-0.3, -0.25) is 9.69 Å². The molecular weight excluding hydrogens is 348 g/mol. The van der Waals surface area contributed by atoms with Gasteiger partial charge in [-0.05, 0) is 42.9 Å². The first-order valence-electron chi connectivity index (χ1n) is 7.37. The average Bonchev–Trinajstić information content (AvgIpc) is 2.76. The van der Waals surface area contributed by atoms with Gasteiger partial charge in [0.2, 0.25) is 0 Å². The van der Waals surface area contributed by atoms with Crippen molar-refractivity contribution in [2.75, 3.05) is 27.3 Å². The number of ether oxygens (including phenoxy) is 2. The second-order valence-electron chi connectivity index (χ2n) is 5.05. The fourth-order valence-electron chi connectivity index (χ4n) is 2.35. The highest BCUT2D eigenvalue weighted by Crippen LogP contribution is 2.37. The van der Waals surface area contributed by atoms with Gasteiger partial charge in [-0.1, -0.05) is 24.3 Å². The van der Waals surface area contributed by atoms with Crippen LogP contribution in [0.5, 0.6) is 11.5 Å². The van der Waals surface area contributed by atoms with Crippen molar-refractivity contribution in [3.63, 3.8) is 0 Å². The number of carbonyl (C=O) groups excluding carboxylic acids is 1. The molecule has 24 heavy (non-hydrogen) atoms. The van der Waals surface area contributed by atoms with E-state index in [0.29, 0.717) is 40.5 Å². The highest BCUT2D eigenvalue weighted by molar-refractivity contribution is 7.80. The van der Waals surface area contributed by atoms with Gasteiger partial charge in [0.15, 0.2) is 16.6 Å². The van der Waals surface area contributed by atoms with E-state index in [2.05, 4.69) is 6.58 Å². The van der Waals surface area contributed by atoms with E-state index in [9.17, 15) is 4.79 Å². The molecular formula is C17H19ClN2O3S. The van der Waals surface area contributed by atoms with Crippen LogP contribution in [0.4, 0.5) is 0 Å². The van der Waals surface area contributed by atoms with Gasteiger partial charge in [0.1, 0.15) is 12.3 Å². The predicted molar refractivity (Wildman–Crippen MR) is 99.4 cm³/mol. The van der Waals surface area contributed by atoms with Crippen LogP contribution in [0.2, 0.25) is 5.02 Å². The van der Waals surface area contributed by atoms with Crippen molar-refractivity contribution in [1.82, 2.24) is 9.80 Å². The number of carbonyl (C=O) groups is 1. The number of hydrogen-bond donors (Lipinski definition) is 0. The predicted octanol–water partition coefficient (Wildman–Crippen LogP) is 3.33. The van der Waals surface area contributed by atoms with Crippen molar-refractivity contribution in [1.29, 1.82) is 0 Å². The van der Waals surface area contributed by atoms with Gasteiger partial charge < -0.3 is 14.4 Å². The summed E-state index contributed by atoms with van der Waals surface area (Å²) in [5, 5.41) is 0.879. The van der Waals surface area contributed by atoms with Crippen LogP contribution in [-0.4, -0.2) is 48.1 Å². The Morgan fingerprint density at radius 2 is 2.12 bits per heavy atom. The Morgan fingerprint density at radius 1 is 1.42 bits per heavy atom. The Hall–Kier alpha value is -2.05. The number of amides is 1. The molecule has 1 heterocycles. The molecule has 2 rings (SSSR count). The smallest absolute Gasteiger partial charge is 0.276 e. The van der Waals surface area contributed by atoms with E-state index in [0.717, 1.165) is 5.56 Å². The van der Waals surface area contributed by atoms with Crippen LogP contribution < -0.4 is 9.47 Å². The first-order chi connectivity index (χ1) is 11.4. The lowest BCUT2D eigenvalue weighted by Gasteiger charge is -2.14. The lowest BCUT2D eigenvalue weighted by molar-refractivity contribution is -0.122. The normalized spacial score (nSPS) is 16.1. The molecule has 0 aromatic heterocycles. The summed E-state index contributed by atoms with van der Waals surface area (Å²) in [6, 6.07) is 3.48. The van der Waals surface area contributed by atoms with Crippen LogP contribution in [0, 0.1) is 0 Å². The van der Waals surface area contributed by atoms with E-state index in [1.54, 1.807) is 41.1 Å². The molecule has 0 spiro atoms. The summed E-state index contributed by atoms with van der Waals surface area (Å²) in [5.41, 5.74) is 1.21. The van der Waals surface area contributed by atoms with Gasteiger partial charge >= 0.3 is 0 Å². The van der Waals surface area contributed by atoms with Crippen molar-refractivity contribution in [3.8, 4) is 11.5 Å². The third-order valence-electron chi connectivity index (χ3n) is 3.56. The maximum atomic E-state index is 12.4. The van der Waals surface area contributed by atoms with Crippen molar-refractivity contribution >= 4 is 40.9 Å². The van der Waals surface area contributed by atoms with E-state index in [1.807, 2.05) is 6.92 Å².